The van der Waals surface area contributed by atoms with Crippen molar-refractivity contribution in [2.75, 3.05) is 24.4 Å². The Kier molecular flexibility index (Phi) is 5.84. The number of fused-ring (bicyclic) bond motifs is 5. The molecule has 6 rings (SSSR count). The van der Waals surface area contributed by atoms with Gasteiger partial charge in [-0.2, -0.15) is 0 Å². The van der Waals surface area contributed by atoms with Gasteiger partial charge in [0.25, 0.3) is 0 Å². The van der Waals surface area contributed by atoms with Crippen LogP contribution in [-0.2, 0) is 14.4 Å². The number of hydrogen-bond donors (Lipinski definition) is 1. The Hall–Kier alpha value is -4.30. The summed E-state index contributed by atoms with van der Waals surface area (Å²) in [5.41, 5.74) is 2.68. The fourth-order valence-electron chi connectivity index (χ4n) is 5.83. The summed E-state index contributed by atoms with van der Waals surface area (Å²) in [6.07, 6.45) is 3.71. The number of imide groups is 1. The highest BCUT2D eigenvalue weighted by Crippen LogP contribution is 2.53. The summed E-state index contributed by atoms with van der Waals surface area (Å²) in [6.45, 7) is 0. The van der Waals surface area contributed by atoms with E-state index < -0.39 is 35.7 Å². The molecule has 0 saturated carbocycles. The number of carbonyl (C=O) groups excluding carboxylic acids is 3. The number of hydrogen-bond acceptors (Lipinski definition) is 6. The number of methoxy groups -OCH3 is 2. The van der Waals surface area contributed by atoms with Crippen molar-refractivity contribution in [1.29, 1.82) is 0 Å². The van der Waals surface area contributed by atoms with Gasteiger partial charge in [-0.3, -0.25) is 14.4 Å². The van der Waals surface area contributed by atoms with Crippen molar-refractivity contribution in [3.8, 4) is 11.5 Å². The number of anilines is 2. The van der Waals surface area contributed by atoms with Crippen LogP contribution in [0, 0.1) is 11.8 Å². The predicted molar refractivity (Wildman–Crippen MR) is 143 cm³/mol. The first kappa shape index (κ1) is 24.1. The highest BCUT2D eigenvalue weighted by atomic mass is 35.5. The summed E-state index contributed by atoms with van der Waals surface area (Å²) in [4.78, 5) is 44.8. The number of amides is 3. The van der Waals surface area contributed by atoms with Gasteiger partial charge in [-0.15, -0.1) is 0 Å². The maximum atomic E-state index is 13.9. The van der Waals surface area contributed by atoms with Crippen LogP contribution in [0.1, 0.15) is 17.2 Å². The molecule has 3 heterocycles. The molecule has 8 nitrogen and oxygen atoms in total. The van der Waals surface area contributed by atoms with Gasteiger partial charge in [0, 0.05) is 11.2 Å². The molecular weight excluding hydrogens is 506 g/mol. The lowest BCUT2D eigenvalue weighted by Crippen LogP contribution is -2.46. The van der Waals surface area contributed by atoms with Gasteiger partial charge >= 0.3 is 0 Å². The quantitative estimate of drug-likeness (QED) is 0.489. The first-order chi connectivity index (χ1) is 18.4. The minimum atomic E-state index is -0.932. The van der Waals surface area contributed by atoms with E-state index in [2.05, 4.69) is 5.32 Å². The van der Waals surface area contributed by atoms with E-state index in [0.29, 0.717) is 27.9 Å². The smallest absolute Gasteiger partial charge is 0.248 e. The minimum absolute atomic E-state index is 0.332. The zero-order valence-corrected chi connectivity index (χ0v) is 21.4. The zero-order valence-electron chi connectivity index (χ0n) is 20.6. The normalized spacial score (nSPS) is 23.1. The van der Waals surface area contributed by atoms with Crippen molar-refractivity contribution in [2.45, 2.75) is 12.1 Å². The van der Waals surface area contributed by atoms with Crippen LogP contribution in [0.2, 0.25) is 5.02 Å². The summed E-state index contributed by atoms with van der Waals surface area (Å²) < 4.78 is 10.6. The molecule has 3 aliphatic heterocycles. The monoisotopic (exact) mass is 529 g/mol. The fraction of sp³-hybridized carbons (Fsp3) is 0.207. The van der Waals surface area contributed by atoms with E-state index in [-0.39, 0.29) is 5.91 Å². The maximum Gasteiger partial charge on any atom is 0.248 e. The summed E-state index contributed by atoms with van der Waals surface area (Å²) in [5, 5.41) is 3.32. The standard InChI is InChI=1S/C29H24ClN3O5/c1-37-19-10-8-18(9-11-19)33-28(35)23-24(29(33)36)26(27(34)31-21-15-17(30)7-12-22(21)38-2)32-14-13-16-5-3-4-6-20(16)25(23)32/h3-15,23-26H,1-2H3,(H,31,34)/t23-,24+,25+,26-/m0/s1. The third-order valence-corrected chi connectivity index (χ3v) is 7.72. The number of nitrogens with zero attached hydrogens (tertiary/aromatic N) is 2. The van der Waals surface area contributed by atoms with E-state index in [1.54, 1.807) is 49.6 Å². The van der Waals surface area contributed by atoms with Crippen LogP contribution in [0.25, 0.3) is 6.08 Å². The second-order valence-corrected chi connectivity index (χ2v) is 9.81. The van der Waals surface area contributed by atoms with Crippen LogP contribution in [0.4, 0.5) is 11.4 Å². The van der Waals surface area contributed by atoms with Crippen LogP contribution in [0.3, 0.4) is 0 Å². The van der Waals surface area contributed by atoms with Crippen LogP contribution in [-0.4, -0.2) is 42.9 Å². The average molecular weight is 530 g/mol. The average Bonchev–Trinajstić information content (AvgIpc) is 3.41. The number of ether oxygens (including phenoxy) is 2. The Morgan fingerprint density at radius 2 is 1.66 bits per heavy atom. The van der Waals surface area contributed by atoms with Gasteiger partial charge in [0.15, 0.2) is 0 Å². The molecule has 3 amide bonds. The van der Waals surface area contributed by atoms with E-state index in [1.807, 2.05) is 41.4 Å². The minimum Gasteiger partial charge on any atom is -0.497 e. The van der Waals surface area contributed by atoms with Gasteiger partial charge in [0.05, 0.1) is 43.5 Å². The van der Waals surface area contributed by atoms with E-state index in [9.17, 15) is 14.4 Å². The van der Waals surface area contributed by atoms with Crippen molar-refractivity contribution in [3.05, 3.63) is 89.1 Å². The molecule has 0 spiro atoms. The van der Waals surface area contributed by atoms with Crippen molar-refractivity contribution < 1.29 is 23.9 Å². The lowest BCUT2D eigenvalue weighted by atomic mass is 9.84. The molecule has 0 aliphatic carbocycles. The van der Waals surface area contributed by atoms with E-state index in [1.165, 1.54) is 12.0 Å². The molecule has 0 radical (unpaired) electrons. The van der Waals surface area contributed by atoms with Gasteiger partial charge in [0.2, 0.25) is 17.7 Å². The molecule has 0 unspecified atom stereocenters. The second-order valence-electron chi connectivity index (χ2n) is 9.38. The molecule has 4 atom stereocenters. The Bertz CT molecular complexity index is 1490. The number of benzene rings is 3. The van der Waals surface area contributed by atoms with E-state index in [0.717, 1.165) is 11.1 Å². The summed E-state index contributed by atoms with van der Waals surface area (Å²) >= 11 is 6.18. The number of nitrogens with one attached hydrogen (secondary N) is 1. The molecule has 3 aliphatic rings. The lowest BCUT2D eigenvalue weighted by molar-refractivity contribution is -0.128. The molecule has 1 N–H and O–H groups in total. The first-order valence-corrected chi connectivity index (χ1v) is 12.5. The van der Waals surface area contributed by atoms with Gasteiger partial charge in [-0.1, -0.05) is 35.9 Å². The fourth-order valence-corrected chi connectivity index (χ4v) is 6.00. The number of halogens is 1. The van der Waals surface area contributed by atoms with Gasteiger partial charge in [-0.25, -0.2) is 4.90 Å². The number of carbonyl (C=O) groups is 3. The van der Waals surface area contributed by atoms with Crippen LogP contribution in [0.5, 0.6) is 11.5 Å². The SMILES string of the molecule is COc1ccc(N2C(=O)[C@@H]3[C@H](C2=O)[C@H]2c4ccccc4C=CN2[C@@H]3C(=O)Nc2cc(Cl)ccc2OC)cc1. The molecule has 192 valence electrons. The van der Waals surface area contributed by atoms with Crippen molar-refractivity contribution in [3.63, 3.8) is 0 Å². The molecule has 0 bridgehead atoms. The van der Waals surface area contributed by atoms with E-state index >= 15 is 0 Å². The Labute approximate surface area is 224 Å². The van der Waals surface area contributed by atoms with Crippen molar-refractivity contribution >= 4 is 46.8 Å². The highest BCUT2D eigenvalue weighted by molar-refractivity contribution is 6.31. The molecule has 0 aromatic heterocycles. The van der Waals surface area contributed by atoms with Crippen molar-refractivity contribution in [1.82, 2.24) is 4.90 Å². The Morgan fingerprint density at radius 1 is 0.921 bits per heavy atom. The molecular formula is C29H24ClN3O5. The first-order valence-electron chi connectivity index (χ1n) is 12.1. The topological polar surface area (TPSA) is 88.2 Å². The molecule has 9 heteroatoms. The largest absolute Gasteiger partial charge is 0.497 e. The summed E-state index contributed by atoms with van der Waals surface area (Å²) in [7, 11) is 3.04. The Balaban J connectivity index is 1.43. The van der Waals surface area contributed by atoms with Crippen LogP contribution in [0.15, 0.2) is 72.9 Å². The molecule has 3 aromatic rings. The van der Waals surface area contributed by atoms with Gasteiger partial charge in [-0.05, 0) is 59.7 Å². The summed E-state index contributed by atoms with van der Waals surface area (Å²) in [6, 6.07) is 18.0. The highest BCUT2D eigenvalue weighted by Gasteiger charge is 2.64. The van der Waals surface area contributed by atoms with E-state index in [4.69, 9.17) is 21.1 Å². The molecule has 2 saturated heterocycles. The van der Waals surface area contributed by atoms with Crippen molar-refractivity contribution in [2.24, 2.45) is 11.8 Å². The Morgan fingerprint density at radius 3 is 2.39 bits per heavy atom. The maximum absolute atomic E-state index is 13.9. The number of rotatable bonds is 5. The lowest BCUT2D eigenvalue weighted by Gasteiger charge is -2.35. The van der Waals surface area contributed by atoms with Crippen LogP contribution >= 0.6 is 11.6 Å². The third kappa shape index (κ3) is 3.63. The predicted octanol–water partition coefficient (Wildman–Crippen LogP) is 4.51. The van der Waals surface area contributed by atoms with Crippen LogP contribution < -0.4 is 19.7 Å². The summed E-state index contributed by atoms with van der Waals surface area (Å²) in [5.74, 6) is -1.77. The zero-order chi connectivity index (χ0) is 26.6. The molecule has 2 fully saturated rings. The molecule has 3 aromatic carbocycles. The van der Waals surface area contributed by atoms with Gasteiger partial charge in [0.1, 0.15) is 17.5 Å². The van der Waals surface area contributed by atoms with Gasteiger partial charge < -0.3 is 19.7 Å². The second kappa shape index (κ2) is 9.22. The third-order valence-electron chi connectivity index (χ3n) is 7.48. The molecule has 38 heavy (non-hydrogen) atoms.